The average molecular weight is 311 g/mol. The van der Waals surface area contributed by atoms with Crippen LogP contribution in [0.2, 0.25) is 0 Å². The smallest absolute Gasteiger partial charge is 0.236 e. The Morgan fingerprint density at radius 2 is 1.96 bits per heavy atom. The number of fused-ring (bicyclic) bond motifs is 1. The van der Waals surface area contributed by atoms with Crippen molar-refractivity contribution in [3.05, 3.63) is 59.4 Å². The normalized spacial score (nSPS) is 17.8. The van der Waals surface area contributed by atoms with Gasteiger partial charge in [0.25, 0.3) is 0 Å². The molecule has 1 aliphatic heterocycles. The highest BCUT2D eigenvalue weighted by Gasteiger charge is 2.25. The zero-order valence-corrected chi connectivity index (χ0v) is 14.2. The first kappa shape index (κ1) is 15.8. The molecule has 0 fully saturated rings. The standard InChI is InChI=1S/C19H25N3O/c1-15-6-8-17(9-7-15)13-20(3)19(23)14-22-12-11-21-10-4-5-18(21)16(22)2/h4-10,16H,11-14H2,1-3H3. The van der Waals surface area contributed by atoms with Gasteiger partial charge in [-0.15, -0.1) is 0 Å². The van der Waals surface area contributed by atoms with Crippen LogP contribution in [-0.4, -0.2) is 40.4 Å². The van der Waals surface area contributed by atoms with Crippen LogP contribution in [0, 0.1) is 6.92 Å². The summed E-state index contributed by atoms with van der Waals surface area (Å²) in [6.45, 7) is 7.28. The fourth-order valence-electron chi connectivity index (χ4n) is 3.19. The number of aryl methyl sites for hydroxylation is 1. The van der Waals surface area contributed by atoms with E-state index < -0.39 is 0 Å². The summed E-state index contributed by atoms with van der Waals surface area (Å²) >= 11 is 0. The molecule has 2 heterocycles. The first-order chi connectivity index (χ1) is 11.0. The summed E-state index contributed by atoms with van der Waals surface area (Å²) < 4.78 is 2.28. The molecule has 0 bridgehead atoms. The molecule has 122 valence electrons. The van der Waals surface area contributed by atoms with Gasteiger partial charge in [-0.2, -0.15) is 0 Å². The molecule has 0 N–H and O–H groups in total. The minimum absolute atomic E-state index is 0.178. The molecule has 1 aliphatic rings. The Bertz CT molecular complexity index is 674. The van der Waals surface area contributed by atoms with Crippen LogP contribution in [0.25, 0.3) is 0 Å². The molecule has 1 atom stereocenters. The van der Waals surface area contributed by atoms with Gasteiger partial charge in [0.2, 0.25) is 5.91 Å². The first-order valence-electron chi connectivity index (χ1n) is 8.23. The van der Waals surface area contributed by atoms with Crippen molar-refractivity contribution in [1.82, 2.24) is 14.4 Å². The number of hydrogen-bond acceptors (Lipinski definition) is 2. The van der Waals surface area contributed by atoms with Gasteiger partial charge >= 0.3 is 0 Å². The van der Waals surface area contributed by atoms with Crippen molar-refractivity contribution in [2.45, 2.75) is 33.0 Å². The Morgan fingerprint density at radius 1 is 1.22 bits per heavy atom. The zero-order valence-electron chi connectivity index (χ0n) is 14.2. The predicted molar refractivity (Wildman–Crippen MR) is 92.1 cm³/mol. The number of amides is 1. The lowest BCUT2D eigenvalue weighted by atomic mass is 10.1. The van der Waals surface area contributed by atoms with E-state index in [0.717, 1.165) is 13.1 Å². The highest BCUT2D eigenvalue weighted by molar-refractivity contribution is 5.78. The van der Waals surface area contributed by atoms with E-state index in [1.54, 1.807) is 0 Å². The molecule has 0 saturated carbocycles. The molecule has 2 aromatic rings. The average Bonchev–Trinajstić information content (AvgIpc) is 3.01. The minimum atomic E-state index is 0.178. The summed E-state index contributed by atoms with van der Waals surface area (Å²) in [5.74, 6) is 0.178. The van der Waals surface area contributed by atoms with E-state index in [0.29, 0.717) is 13.1 Å². The van der Waals surface area contributed by atoms with Crippen molar-refractivity contribution in [1.29, 1.82) is 0 Å². The van der Waals surface area contributed by atoms with Crippen LogP contribution in [0.5, 0.6) is 0 Å². The van der Waals surface area contributed by atoms with Gasteiger partial charge in [-0.1, -0.05) is 29.8 Å². The highest BCUT2D eigenvalue weighted by atomic mass is 16.2. The molecule has 23 heavy (non-hydrogen) atoms. The fraction of sp³-hybridized carbons (Fsp3) is 0.421. The van der Waals surface area contributed by atoms with E-state index in [2.05, 4.69) is 65.9 Å². The molecule has 1 aromatic carbocycles. The molecule has 1 aromatic heterocycles. The quantitative estimate of drug-likeness (QED) is 0.868. The third kappa shape index (κ3) is 3.48. The Kier molecular flexibility index (Phi) is 4.53. The molecular weight excluding hydrogens is 286 g/mol. The Hall–Kier alpha value is -2.07. The van der Waals surface area contributed by atoms with E-state index in [1.165, 1.54) is 16.8 Å². The lowest BCUT2D eigenvalue weighted by molar-refractivity contribution is -0.132. The molecule has 0 spiro atoms. The van der Waals surface area contributed by atoms with Crippen molar-refractivity contribution < 1.29 is 4.79 Å². The van der Waals surface area contributed by atoms with Gasteiger partial charge in [-0.25, -0.2) is 0 Å². The molecule has 0 radical (unpaired) electrons. The topological polar surface area (TPSA) is 28.5 Å². The summed E-state index contributed by atoms with van der Waals surface area (Å²) in [5, 5.41) is 0. The Labute approximate surface area is 138 Å². The molecule has 0 aliphatic carbocycles. The summed E-state index contributed by atoms with van der Waals surface area (Å²) in [5.41, 5.74) is 3.71. The van der Waals surface area contributed by atoms with Crippen LogP contribution in [-0.2, 0) is 17.9 Å². The third-order valence-corrected chi connectivity index (χ3v) is 4.77. The van der Waals surface area contributed by atoms with Crippen LogP contribution < -0.4 is 0 Å². The Balaban J connectivity index is 1.59. The molecule has 3 rings (SSSR count). The van der Waals surface area contributed by atoms with Crippen LogP contribution in [0.3, 0.4) is 0 Å². The van der Waals surface area contributed by atoms with Crippen LogP contribution in [0.15, 0.2) is 42.6 Å². The molecule has 4 heteroatoms. The second-order valence-electron chi connectivity index (χ2n) is 6.51. The van der Waals surface area contributed by atoms with Gasteiger partial charge in [0, 0.05) is 44.6 Å². The summed E-state index contributed by atoms with van der Waals surface area (Å²) in [7, 11) is 1.89. The van der Waals surface area contributed by atoms with Gasteiger partial charge in [0.1, 0.15) is 0 Å². The molecule has 1 unspecified atom stereocenters. The maximum atomic E-state index is 12.6. The third-order valence-electron chi connectivity index (χ3n) is 4.77. The van der Waals surface area contributed by atoms with E-state index in [1.807, 2.05) is 11.9 Å². The van der Waals surface area contributed by atoms with Crippen LogP contribution >= 0.6 is 0 Å². The number of carbonyl (C=O) groups excluding carboxylic acids is 1. The monoisotopic (exact) mass is 311 g/mol. The van der Waals surface area contributed by atoms with E-state index in [-0.39, 0.29) is 11.9 Å². The number of aromatic nitrogens is 1. The summed E-state index contributed by atoms with van der Waals surface area (Å²) in [6, 6.07) is 12.9. The van der Waals surface area contributed by atoms with Crippen LogP contribution in [0.1, 0.15) is 29.8 Å². The zero-order chi connectivity index (χ0) is 16.4. The van der Waals surface area contributed by atoms with Gasteiger partial charge in [-0.05, 0) is 31.5 Å². The highest BCUT2D eigenvalue weighted by Crippen LogP contribution is 2.25. The second kappa shape index (κ2) is 6.59. The van der Waals surface area contributed by atoms with Gasteiger partial charge in [0.05, 0.1) is 6.54 Å². The van der Waals surface area contributed by atoms with Gasteiger partial charge < -0.3 is 9.47 Å². The number of carbonyl (C=O) groups is 1. The van der Waals surface area contributed by atoms with E-state index in [4.69, 9.17) is 0 Å². The largest absolute Gasteiger partial charge is 0.349 e. The van der Waals surface area contributed by atoms with E-state index >= 15 is 0 Å². The number of benzene rings is 1. The molecule has 0 saturated heterocycles. The number of hydrogen-bond donors (Lipinski definition) is 0. The lowest BCUT2D eigenvalue weighted by Crippen LogP contribution is -2.43. The number of rotatable bonds is 4. The summed E-state index contributed by atoms with van der Waals surface area (Å²) in [6.07, 6.45) is 2.12. The Morgan fingerprint density at radius 3 is 2.70 bits per heavy atom. The second-order valence-corrected chi connectivity index (χ2v) is 6.51. The minimum Gasteiger partial charge on any atom is -0.349 e. The first-order valence-corrected chi connectivity index (χ1v) is 8.23. The van der Waals surface area contributed by atoms with E-state index in [9.17, 15) is 4.79 Å². The summed E-state index contributed by atoms with van der Waals surface area (Å²) in [4.78, 5) is 16.6. The van der Waals surface area contributed by atoms with Crippen molar-refractivity contribution >= 4 is 5.91 Å². The van der Waals surface area contributed by atoms with Crippen molar-refractivity contribution in [2.24, 2.45) is 0 Å². The molecule has 1 amide bonds. The fourth-order valence-corrected chi connectivity index (χ4v) is 3.19. The lowest BCUT2D eigenvalue weighted by Gasteiger charge is -2.35. The predicted octanol–water partition coefficient (Wildman–Crippen LogP) is 2.83. The maximum Gasteiger partial charge on any atom is 0.236 e. The van der Waals surface area contributed by atoms with Crippen molar-refractivity contribution in [3.8, 4) is 0 Å². The maximum absolute atomic E-state index is 12.6. The SMILES string of the molecule is Cc1ccc(CN(C)C(=O)CN2CCn3cccc3C2C)cc1. The van der Waals surface area contributed by atoms with Gasteiger partial charge in [0.15, 0.2) is 0 Å². The molecular formula is C19H25N3O. The van der Waals surface area contributed by atoms with Crippen molar-refractivity contribution in [3.63, 3.8) is 0 Å². The van der Waals surface area contributed by atoms with Gasteiger partial charge in [-0.3, -0.25) is 9.69 Å². The van der Waals surface area contributed by atoms with Crippen LogP contribution in [0.4, 0.5) is 0 Å². The van der Waals surface area contributed by atoms with Crippen molar-refractivity contribution in [2.75, 3.05) is 20.1 Å². The number of likely N-dealkylation sites (N-methyl/N-ethyl adjacent to an activating group) is 1. The number of nitrogens with zero attached hydrogens (tertiary/aromatic N) is 3. The molecule has 4 nitrogen and oxygen atoms in total.